The maximum Gasteiger partial charge on any atom is 0.317 e. The maximum absolute atomic E-state index is 12.9. The van der Waals surface area contributed by atoms with Crippen LogP contribution in [-0.2, 0) is 11.2 Å². The van der Waals surface area contributed by atoms with Crippen LogP contribution in [0, 0.1) is 11.7 Å². The lowest BCUT2D eigenvalue weighted by molar-refractivity contribution is -0.141. The van der Waals surface area contributed by atoms with Crippen molar-refractivity contribution >= 4 is 12.0 Å². The lowest BCUT2D eigenvalue weighted by atomic mass is 10.2. The molecule has 1 atom stereocenters. The van der Waals surface area contributed by atoms with Crippen LogP contribution in [0.25, 0.3) is 11.5 Å². The van der Waals surface area contributed by atoms with Crippen LogP contribution in [0.3, 0.4) is 0 Å². The summed E-state index contributed by atoms with van der Waals surface area (Å²) in [5, 5.41) is 11.5. The number of aromatic nitrogens is 1. The number of amides is 2. The van der Waals surface area contributed by atoms with Gasteiger partial charge in [0.05, 0.1) is 11.6 Å². The number of nitrogens with zero attached hydrogens (tertiary/aromatic N) is 2. The first-order valence-electron chi connectivity index (χ1n) is 7.79. The average molecular weight is 349 g/mol. The van der Waals surface area contributed by atoms with Gasteiger partial charge in [-0.1, -0.05) is 6.92 Å². The molecular weight excluding hydrogens is 329 g/mol. The van der Waals surface area contributed by atoms with E-state index >= 15 is 0 Å². The van der Waals surface area contributed by atoms with E-state index in [1.807, 2.05) is 0 Å². The summed E-state index contributed by atoms with van der Waals surface area (Å²) in [7, 11) is 1.54. The van der Waals surface area contributed by atoms with Crippen LogP contribution >= 0.6 is 0 Å². The lowest BCUT2D eigenvalue weighted by Crippen LogP contribution is -2.41. The van der Waals surface area contributed by atoms with Gasteiger partial charge >= 0.3 is 12.0 Å². The second-order valence-corrected chi connectivity index (χ2v) is 5.75. The molecule has 0 radical (unpaired) electrons. The Bertz CT molecular complexity index is 730. The Morgan fingerprint density at radius 3 is 2.68 bits per heavy atom. The van der Waals surface area contributed by atoms with Crippen molar-refractivity contribution in [1.29, 1.82) is 0 Å². The standard InChI is InChI=1S/C17H20FN3O4/c1-11(16(22)23)9-21(2)17(24)19-8-7-14-10-25-15(20-14)12-3-5-13(18)6-4-12/h3-6,10-11H,7-9H2,1-2H3,(H,19,24)(H,22,23). The molecular formula is C17H20FN3O4. The SMILES string of the molecule is CC(CN(C)C(=O)NCCc1coc(-c2ccc(F)cc2)n1)C(=O)O. The van der Waals surface area contributed by atoms with Gasteiger partial charge in [-0.05, 0) is 24.3 Å². The summed E-state index contributed by atoms with van der Waals surface area (Å²) in [4.78, 5) is 28.3. The molecule has 8 heteroatoms. The molecule has 2 N–H and O–H groups in total. The summed E-state index contributed by atoms with van der Waals surface area (Å²) in [6.07, 6.45) is 1.94. The highest BCUT2D eigenvalue weighted by molar-refractivity contribution is 5.75. The number of rotatable bonds is 7. The number of benzene rings is 1. The van der Waals surface area contributed by atoms with Gasteiger partial charge in [0.15, 0.2) is 0 Å². The molecule has 2 aromatic rings. The molecule has 1 aromatic heterocycles. The number of carbonyl (C=O) groups excluding carboxylic acids is 1. The smallest absolute Gasteiger partial charge is 0.317 e. The van der Waals surface area contributed by atoms with Gasteiger partial charge < -0.3 is 19.7 Å². The predicted molar refractivity (Wildman–Crippen MR) is 88.4 cm³/mol. The fourth-order valence-electron chi connectivity index (χ4n) is 2.15. The number of carbonyl (C=O) groups is 2. The molecule has 134 valence electrons. The van der Waals surface area contributed by atoms with E-state index in [0.717, 1.165) is 0 Å². The van der Waals surface area contributed by atoms with Crippen LogP contribution in [-0.4, -0.2) is 47.1 Å². The molecule has 2 rings (SSSR count). The Morgan fingerprint density at radius 1 is 1.36 bits per heavy atom. The molecule has 0 saturated carbocycles. The highest BCUT2D eigenvalue weighted by atomic mass is 19.1. The summed E-state index contributed by atoms with van der Waals surface area (Å²) in [5.74, 6) is -1.53. The number of hydrogen-bond acceptors (Lipinski definition) is 4. The van der Waals surface area contributed by atoms with E-state index in [-0.39, 0.29) is 18.4 Å². The van der Waals surface area contributed by atoms with Crippen molar-refractivity contribution in [3.8, 4) is 11.5 Å². The Balaban J connectivity index is 1.81. The number of carboxylic acids is 1. The normalized spacial score (nSPS) is 11.8. The Hall–Kier alpha value is -2.90. The zero-order chi connectivity index (χ0) is 18.4. The number of hydrogen-bond donors (Lipinski definition) is 2. The largest absolute Gasteiger partial charge is 0.481 e. The van der Waals surface area contributed by atoms with E-state index in [1.54, 1.807) is 19.1 Å². The van der Waals surface area contributed by atoms with E-state index in [9.17, 15) is 14.0 Å². The molecule has 7 nitrogen and oxygen atoms in total. The molecule has 1 heterocycles. The summed E-state index contributed by atoms with van der Waals surface area (Å²) in [6, 6.07) is 5.45. The van der Waals surface area contributed by atoms with Crippen molar-refractivity contribution in [2.75, 3.05) is 20.1 Å². The molecule has 0 bridgehead atoms. The molecule has 2 amide bonds. The first kappa shape index (κ1) is 18.4. The summed E-state index contributed by atoms with van der Waals surface area (Å²) < 4.78 is 18.3. The number of halogens is 1. The highest BCUT2D eigenvalue weighted by Crippen LogP contribution is 2.18. The number of urea groups is 1. The van der Waals surface area contributed by atoms with Crippen LogP contribution < -0.4 is 5.32 Å². The second-order valence-electron chi connectivity index (χ2n) is 5.75. The summed E-state index contributed by atoms with van der Waals surface area (Å²) in [5.41, 5.74) is 1.32. The minimum atomic E-state index is -0.949. The third-order valence-corrected chi connectivity index (χ3v) is 3.62. The second kappa shape index (κ2) is 8.27. The van der Waals surface area contributed by atoms with E-state index in [2.05, 4.69) is 10.3 Å². The van der Waals surface area contributed by atoms with Gasteiger partial charge in [0.25, 0.3) is 0 Å². The zero-order valence-electron chi connectivity index (χ0n) is 14.0. The molecule has 0 aliphatic heterocycles. The van der Waals surface area contributed by atoms with Gasteiger partial charge in [-0.15, -0.1) is 0 Å². The minimum Gasteiger partial charge on any atom is -0.481 e. The monoisotopic (exact) mass is 349 g/mol. The third-order valence-electron chi connectivity index (χ3n) is 3.62. The predicted octanol–water partition coefficient (Wildman–Crippen LogP) is 2.39. The van der Waals surface area contributed by atoms with Crippen LogP contribution in [0.2, 0.25) is 0 Å². The van der Waals surface area contributed by atoms with Gasteiger partial charge in [-0.2, -0.15) is 0 Å². The van der Waals surface area contributed by atoms with E-state index in [1.165, 1.54) is 30.3 Å². The van der Waals surface area contributed by atoms with Crippen molar-refractivity contribution in [2.45, 2.75) is 13.3 Å². The first-order chi connectivity index (χ1) is 11.9. The van der Waals surface area contributed by atoms with Crippen LogP contribution in [0.1, 0.15) is 12.6 Å². The Kier molecular flexibility index (Phi) is 6.10. The van der Waals surface area contributed by atoms with E-state index in [4.69, 9.17) is 9.52 Å². The Labute approximate surface area is 144 Å². The molecule has 1 unspecified atom stereocenters. The van der Waals surface area contributed by atoms with Gasteiger partial charge in [0, 0.05) is 32.1 Å². The average Bonchev–Trinajstić information content (AvgIpc) is 3.04. The van der Waals surface area contributed by atoms with Gasteiger partial charge in [-0.25, -0.2) is 14.2 Å². The fraction of sp³-hybridized carbons (Fsp3) is 0.353. The maximum atomic E-state index is 12.9. The molecule has 0 spiro atoms. The van der Waals surface area contributed by atoms with Crippen molar-refractivity contribution in [2.24, 2.45) is 5.92 Å². The zero-order valence-corrected chi connectivity index (χ0v) is 14.0. The lowest BCUT2D eigenvalue weighted by Gasteiger charge is -2.19. The quantitative estimate of drug-likeness (QED) is 0.800. The molecule has 0 fully saturated rings. The van der Waals surface area contributed by atoms with Crippen LogP contribution in [0.15, 0.2) is 34.9 Å². The molecule has 0 aliphatic rings. The number of carboxylic acid groups (broad SMARTS) is 1. The van der Waals surface area contributed by atoms with Crippen LogP contribution in [0.5, 0.6) is 0 Å². The molecule has 1 aromatic carbocycles. The third kappa shape index (κ3) is 5.30. The van der Waals surface area contributed by atoms with Gasteiger partial charge in [0.1, 0.15) is 12.1 Å². The number of oxazole rings is 1. The van der Waals surface area contributed by atoms with E-state index in [0.29, 0.717) is 30.1 Å². The number of aliphatic carboxylic acids is 1. The highest BCUT2D eigenvalue weighted by Gasteiger charge is 2.17. The van der Waals surface area contributed by atoms with Crippen molar-refractivity contribution in [1.82, 2.24) is 15.2 Å². The summed E-state index contributed by atoms with van der Waals surface area (Å²) >= 11 is 0. The van der Waals surface area contributed by atoms with Crippen molar-refractivity contribution < 1.29 is 23.5 Å². The molecule has 25 heavy (non-hydrogen) atoms. The van der Waals surface area contributed by atoms with Crippen LogP contribution in [0.4, 0.5) is 9.18 Å². The van der Waals surface area contributed by atoms with Gasteiger partial charge in [0.2, 0.25) is 5.89 Å². The number of nitrogens with one attached hydrogen (secondary N) is 1. The first-order valence-corrected chi connectivity index (χ1v) is 7.79. The fourth-order valence-corrected chi connectivity index (χ4v) is 2.15. The molecule has 0 saturated heterocycles. The van der Waals surface area contributed by atoms with Crippen molar-refractivity contribution in [3.05, 3.63) is 42.0 Å². The van der Waals surface area contributed by atoms with E-state index < -0.39 is 11.9 Å². The van der Waals surface area contributed by atoms with Crippen molar-refractivity contribution in [3.63, 3.8) is 0 Å². The Morgan fingerprint density at radius 2 is 2.04 bits per heavy atom. The van der Waals surface area contributed by atoms with Gasteiger partial charge in [-0.3, -0.25) is 4.79 Å². The molecule has 0 aliphatic carbocycles. The topological polar surface area (TPSA) is 95.7 Å². The summed E-state index contributed by atoms with van der Waals surface area (Å²) in [6.45, 7) is 2.00. The minimum absolute atomic E-state index is 0.125.